The first-order chi connectivity index (χ1) is 43.5. The van der Waals surface area contributed by atoms with Crippen LogP contribution in [0.15, 0.2) is 96.7 Å². The number of carbonyl (C=O) groups excluding carboxylic acids is 9. The van der Waals surface area contributed by atoms with E-state index in [0.717, 1.165) is 44.6 Å². The van der Waals surface area contributed by atoms with Crippen LogP contribution in [0.2, 0.25) is 10.0 Å². The van der Waals surface area contributed by atoms with Crippen molar-refractivity contribution in [3.05, 3.63) is 119 Å². The summed E-state index contributed by atoms with van der Waals surface area (Å²) >= 11 is 12.7. The number of hydrogen-bond acceptors (Lipinski definition) is 15. The highest BCUT2D eigenvalue weighted by molar-refractivity contribution is 7.89. The molecular formula is C65H84Cl2N10O13S. The van der Waals surface area contributed by atoms with Crippen molar-refractivity contribution < 1.29 is 61.0 Å². The van der Waals surface area contributed by atoms with Gasteiger partial charge in [-0.25, -0.2) is 42.5 Å². The minimum absolute atomic E-state index is 0.0191. The van der Waals surface area contributed by atoms with Crippen molar-refractivity contribution in [1.82, 2.24) is 38.9 Å². The number of ether oxygens (including phenoxy) is 2. The maximum atomic E-state index is 13.9. The molecule has 0 radical (unpaired) electrons. The van der Waals surface area contributed by atoms with Crippen molar-refractivity contribution in [2.24, 2.45) is 7.05 Å². The average Bonchev–Trinajstić information content (AvgIpc) is 1.73. The molecule has 492 valence electrons. The van der Waals surface area contributed by atoms with Crippen molar-refractivity contribution in [3.63, 3.8) is 0 Å². The predicted molar refractivity (Wildman–Crippen MR) is 345 cm³/mol. The van der Waals surface area contributed by atoms with Crippen LogP contribution in [0, 0.1) is 0 Å². The highest BCUT2D eigenvalue weighted by Gasteiger charge is 2.54. The average molecular weight is 1320 g/mol. The number of halogens is 2. The van der Waals surface area contributed by atoms with Gasteiger partial charge in [0.2, 0.25) is 21.6 Å². The Bertz CT molecular complexity index is 3470. The summed E-state index contributed by atoms with van der Waals surface area (Å²) in [5, 5.41) is 7.94. The molecule has 7 rings (SSSR count). The highest BCUT2D eigenvalue weighted by Crippen LogP contribution is 2.31. The molecule has 0 spiro atoms. The summed E-state index contributed by atoms with van der Waals surface area (Å²) in [4.78, 5) is 128. The van der Waals surface area contributed by atoms with Crippen molar-refractivity contribution in [1.29, 1.82) is 0 Å². The number of carbonyl (C=O) groups is 9. The SMILES string of the molecule is CCCCCCCCCCCCNC(=O)c1ccc(Cl)c(NC(=O)C(C(=O)c2cncn2-c2ccccc2)N2C(=O)OC(C)C2=O)c1.CCCCCCCCCCCCNS(=O)(=O)c1ccc(Cl)c(NC(=O)C(C(=O)c2cncn2C)N2C(=O)OC(C)(C)C2=O)c1. The molecule has 0 aliphatic carbocycles. The fraction of sp³-hybridized carbons (Fsp3) is 0.492. The van der Waals surface area contributed by atoms with Gasteiger partial charge in [-0.15, -0.1) is 0 Å². The molecule has 23 nitrogen and oxygen atoms in total. The van der Waals surface area contributed by atoms with E-state index in [4.69, 9.17) is 32.7 Å². The molecule has 7 amide bonds. The number of ketones is 2. The normalized spacial score (nSPS) is 15.1. The summed E-state index contributed by atoms with van der Waals surface area (Å²) in [6, 6.07) is 13.0. The number of amides is 7. The van der Waals surface area contributed by atoms with E-state index < -0.39 is 81.2 Å². The van der Waals surface area contributed by atoms with Crippen LogP contribution in [0.1, 0.15) is 194 Å². The number of hydrogen-bond donors (Lipinski definition) is 4. The second-order valence-corrected chi connectivity index (χ2v) is 25.6. The van der Waals surface area contributed by atoms with Gasteiger partial charge >= 0.3 is 12.2 Å². The number of para-hydroxylation sites is 1. The zero-order valence-electron chi connectivity index (χ0n) is 52.6. The molecule has 91 heavy (non-hydrogen) atoms. The first-order valence-corrected chi connectivity index (χ1v) is 33.5. The van der Waals surface area contributed by atoms with Gasteiger partial charge in [-0.3, -0.25) is 38.1 Å². The van der Waals surface area contributed by atoms with E-state index in [1.807, 2.05) is 0 Å². The Morgan fingerprint density at radius 3 is 1.63 bits per heavy atom. The lowest BCUT2D eigenvalue weighted by atomic mass is 10.0. The molecule has 4 N–H and O–H groups in total. The van der Waals surface area contributed by atoms with E-state index in [-0.39, 0.29) is 55.7 Å². The number of imidazole rings is 2. The molecule has 0 saturated carbocycles. The van der Waals surface area contributed by atoms with Crippen molar-refractivity contribution in [2.45, 2.75) is 192 Å². The summed E-state index contributed by atoms with van der Waals surface area (Å²) in [6.07, 6.45) is 24.8. The molecule has 2 aliphatic heterocycles. The summed E-state index contributed by atoms with van der Waals surface area (Å²) in [7, 11) is -2.44. The maximum Gasteiger partial charge on any atom is 0.418 e. The van der Waals surface area contributed by atoms with Gasteiger partial charge < -0.3 is 30.0 Å². The van der Waals surface area contributed by atoms with Gasteiger partial charge in [0.1, 0.15) is 11.4 Å². The van der Waals surface area contributed by atoms with Gasteiger partial charge in [0, 0.05) is 31.4 Å². The fourth-order valence-electron chi connectivity index (χ4n) is 10.3. The van der Waals surface area contributed by atoms with Gasteiger partial charge in [0.15, 0.2) is 23.8 Å². The minimum Gasteiger partial charge on any atom is -0.436 e. The summed E-state index contributed by atoms with van der Waals surface area (Å²) in [6.45, 7) is 9.19. The Labute approximate surface area is 542 Å². The topological polar surface area (TPSA) is 296 Å². The molecule has 5 aromatic rings. The molecule has 2 aliphatic rings. The number of rotatable bonds is 36. The van der Waals surface area contributed by atoms with Crippen LogP contribution < -0.4 is 20.7 Å². The fourth-order valence-corrected chi connectivity index (χ4v) is 11.7. The standard InChI is InChI=1S/C35H42ClN5O6.C30H42ClN5O7S/c1-3-4-5-6-7-8-9-10-11-15-20-38-32(43)25-18-19-27(36)28(21-25)39-33(44)30(41-34(45)24(2)47-35(41)46)31(42)29-22-37-23-40(29)26-16-13-12-14-17-26;1-5-6-7-8-9-10-11-12-13-14-17-33-44(41,42)21-15-16-22(31)23(18-21)34-27(38)25(26(37)24-19-32-20-35(24)4)36-28(39)30(2,3)43-29(36)40/h12-14,16-19,21-24,30H,3-11,15,20H2,1-2H3,(H,38,43)(H,39,44);15-16,18-20,25,33H,5-14,17H2,1-4H3,(H,34,38). The number of aryl methyl sites for hydroxylation is 1. The van der Waals surface area contributed by atoms with Crippen LogP contribution in [0.25, 0.3) is 5.69 Å². The number of imide groups is 2. The molecule has 3 unspecified atom stereocenters. The smallest absolute Gasteiger partial charge is 0.418 e. The zero-order chi connectivity index (χ0) is 66.3. The molecule has 26 heteroatoms. The van der Waals surface area contributed by atoms with Crippen molar-refractivity contribution in [2.75, 3.05) is 23.7 Å². The van der Waals surface area contributed by atoms with Gasteiger partial charge in [-0.2, -0.15) is 0 Å². The second-order valence-electron chi connectivity index (χ2n) is 23.0. The van der Waals surface area contributed by atoms with Gasteiger partial charge in [0.05, 0.1) is 51.4 Å². The Hall–Kier alpha value is -7.80. The summed E-state index contributed by atoms with van der Waals surface area (Å²) in [5.41, 5.74) is -0.959. The quantitative estimate of drug-likeness (QED) is 0.0165. The number of cyclic esters (lactones) is 2. The van der Waals surface area contributed by atoms with E-state index in [1.54, 1.807) is 30.3 Å². The number of aromatic nitrogens is 4. The Morgan fingerprint density at radius 1 is 0.615 bits per heavy atom. The molecule has 4 heterocycles. The van der Waals surface area contributed by atoms with Crippen molar-refractivity contribution in [3.8, 4) is 5.69 Å². The van der Waals surface area contributed by atoms with Crippen LogP contribution in [0.3, 0.4) is 0 Å². The molecule has 0 bridgehead atoms. The van der Waals surface area contributed by atoms with Crippen molar-refractivity contribution >= 4 is 97.9 Å². The largest absolute Gasteiger partial charge is 0.436 e. The lowest BCUT2D eigenvalue weighted by Crippen LogP contribution is -2.53. The molecule has 2 aromatic heterocycles. The van der Waals surface area contributed by atoms with E-state index in [2.05, 4.69) is 44.5 Å². The molecule has 2 saturated heterocycles. The van der Waals surface area contributed by atoms with E-state index in [0.29, 0.717) is 28.5 Å². The van der Waals surface area contributed by atoms with Crippen LogP contribution in [-0.2, 0) is 45.7 Å². The third-order valence-corrected chi connectivity index (χ3v) is 17.6. The molecule has 2 fully saturated rings. The van der Waals surface area contributed by atoms with Crippen LogP contribution in [-0.4, -0.2) is 127 Å². The molecular weight excluding hydrogens is 1230 g/mol. The third kappa shape index (κ3) is 20.1. The predicted octanol–water partition coefficient (Wildman–Crippen LogP) is 12.0. The molecule has 3 atom stereocenters. The van der Waals surface area contributed by atoms with E-state index in [9.17, 15) is 51.6 Å². The second kappa shape index (κ2) is 35.1. The first-order valence-electron chi connectivity index (χ1n) is 31.2. The Morgan fingerprint density at radius 2 is 1.11 bits per heavy atom. The number of Topliss-reactive ketones (excluding diaryl/α,β-unsaturated/α-hetero) is 2. The number of nitrogens with one attached hydrogen (secondary N) is 4. The van der Waals surface area contributed by atoms with E-state index >= 15 is 0 Å². The summed E-state index contributed by atoms with van der Waals surface area (Å²) < 4.78 is 41.5. The van der Waals surface area contributed by atoms with Gasteiger partial charge in [-0.1, -0.05) is 171 Å². The number of nitrogens with zero attached hydrogens (tertiary/aromatic N) is 6. The lowest BCUT2D eigenvalue weighted by Gasteiger charge is -2.23. The third-order valence-electron chi connectivity index (χ3n) is 15.5. The minimum atomic E-state index is -3.95. The Balaban J connectivity index is 0.000000290. The monoisotopic (exact) mass is 1310 g/mol. The number of anilines is 2. The van der Waals surface area contributed by atoms with E-state index in [1.165, 1.54) is 176 Å². The van der Waals surface area contributed by atoms with Crippen LogP contribution >= 0.6 is 23.2 Å². The maximum absolute atomic E-state index is 13.9. The lowest BCUT2D eigenvalue weighted by molar-refractivity contribution is -0.137. The first kappa shape index (κ1) is 72.3. The van der Waals surface area contributed by atoms with Gasteiger partial charge in [-0.05, 0) is 82.1 Å². The van der Waals surface area contributed by atoms with Gasteiger partial charge in [0.25, 0.3) is 29.5 Å². The number of benzene rings is 3. The van der Waals surface area contributed by atoms with Crippen LogP contribution in [0.4, 0.5) is 21.0 Å². The van der Waals surface area contributed by atoms with Crippen LogP contribution in [0.5, 0.6) is 0 Å². The summed E-state index contributed by atoms with van der Waals surface area (Å²) in [5.74, 6) is -5.96. The molecule has 3 aromatic carbocycles. The number of sulfonamides is 1. The number of unbranched alkanes of at least 4 members (excludes halogenated alkanes) is 18. The zero-order valence-corrected chi connectivity index (χ0v) is 54.9. The Kier molecular flexibility index (Phi) is 27.9. The highest BCUT2D eigenvalue weighted by atomic mass is 35.5.